The van der Waals surface area contributed by atoms with Crippen LogP contribution in [-0.4, -0.2) is 34.1 Å². The van der Waals surface area contributed by atoms with E-state index >= 15 is 0 Å². The number of hydrogen-bond donors (Lipinski definition) is 1. The quantitative estimate of drug-likeness (QED) is 0.814. The summed E-state index contributed by atoms with van der Waals surface area (Å²) in [5, 5.41) is 1.07. The molecule has 2 heterocycles. The highest BCUT2D eigenvalue weighted by Crippen LogP contribution is 2.30. The summed E-state index contributed by atoms with van der Waals surface area (Å²) in [5.41, 5.74) is 5.65. The van der Waals surface area contributed by atoms with Gasteiger partial charge in [-0.25, -0.2) is 9.97 Å². The molecule has 2 rings (SSSR count). The molecule has 0 amide bonds. The first-order valence-corrected chi connectivity index (χ1v) is 6.23. The highest BCUT2D eigenvalue weighted by molar-refractivity contribution is 8.00. The summed E-state index contributed by atoms with van der Waals surface area (Å²) in [7, 11) is 0. The van der Waals surface area contributed by atoms with Crippen LogP contribution in [0.25, 0.3) is 0 Å². The standard InChI is InChI=1S/C9H13ClN4S/c1-6-4-14(2-3-15-6)9-7(10)8(11)12-5-13-9/h5-6H,2-4H2,1H3,(H2,11,12,13). The van der Waals surface area contributed by atoms with Crippen LogP contribution in [-0.2, 0) is 0 Å². The molecule has 4 nitrogen and oxygen atoms in total. The number of nitrogen functional groups attached to an aromatic ring is 1. The van der Waals surface area contributed by atoms with Gasteiger partial charge < -0.3 is 10.6 Å². The minimum atomic E-state index is 0.354. The van der Waals surface area contributed by atoms with Crippen LogP contribution in [0, 0.1) is 0 Å². The van der Waals surface area contributed by atoms with E-state index in [-0.39, 0.29) is 0 Å². The molecule has 82 valence electrons. The van der Waals surface area contributed by atoms with Crippen molar-refractivity contribution >= 4 is 35.0 Å². The fourth-order valence-electron chi connectivity index (χ4n) is 1.60. The van der Waals surface area contributed by atoms with E-state index < -0.39 is 0 Å². The van der Waals surface area contributed by atoms with Gasteiger partial charge in [0.05, 0.1) is 0 Å². The predicted octanol–water partition coefficient (Wildman–Crippen LogP) is 1.65. The molecule has 0 bridgehead atoms. The van der Waals surface area contributed by atoms with Crippen molar-refractivity contribution in [2.45, 2.75) is 12.2 Å². The third-order valence-electron chi connectivity index (χ3n) is 2.34. The molecule has 1 aromatic rings. The van der Waals surface area contributed by atoms with Crippen molar-refractivity contribution in [1.82, 2.24) is 9.97 Å². The van der Waals surface area contributed by atoms with E-state index in [0.29, 0.717) is 16.1 Å². The molecule has 1 aliphatic heterocycles. The molecular formula is C9H13ClN4S. The van der Waals surface area contributed by atoms with Crippen molar-refractivity contribution in [2.75, 3.05) is 29.5 Å². The summed E-state index contributed by atoms with van der Waals surface area (Å²) >= 11 is 8.04. The van der Waals surface area contributed by atoms with Gasteiger partial charge in [0.2, 0.25) is 0 Å². The van der Waals surface area contributed by atoms with Crippen molar-refractivity contribution in [1.29, 1.82) is 0 Å². The van der Waals surface area contributed by atoms with Crippen LogP contribution in [0.4, 0.5) is 11.6 Å². The Hall–Kier alpha value is -0.680. The van der Waals surface area contributed by atoms with Crippen molar-refractivity contribution in [3.8, 4) is 0 Å². The number of thioether (sulfide) groups is 1. The molecule has 0 saturated carbocycles. The number of nitrogens with two attached hydrogens (primary N) is 1. The summed E-state index contributed by atoms with van der Waals surface area (Å²) in [5.74, 6) is 2.21. The van der Waals surface area contributed by atoms with Gasteiger partial charge in [0.25, 0.3) is 0 Å². The van der Waals surface area contributed by atoms with E-state index in [2.05, 4.69) is 21.8 Å². The summed E-state index contributed by atoms with van der Waals surface area (Å²) in [6, 6.07) is 0. The van der Waals surface area contributed by atoms with Crippen LogP contribution in [0.1, 0.15) is 6.92 Å². The Morgan fingerprint density at radius 1 is 1.60 bits per heavy atom. The average Bonchev–Trinajstić information content (AvgIpc) is 2.22. The topological polar surface area (TPSA) is 55.0 Å². The van der Waals surface area contributed by atoms with Crippen LogP contribution in [0.3, 0.4) is 0 Å². The molecule has 1 fully saturated rings. The van der Waals surface area contributed by atoms with Gasteiger partial charge >= 0.3 is 0 Å². The highest BCUT2D eigenvalue weighted by atomic mass is 35.5. The van der Waals surface area contributed by atoms with Crippen LogP contribution >= 0.6 is 23.4 Å². The average molecular weight is 245 g/mol. The zero-order valence-electron chi connectivity index (χ0n) is 8.48. The van der Waals surface area contributed by atoms with Gasteiger partial charge in [-0.15, -0.1) is 0 Å². The maximum atomic E-state index is 6.08. The van der Waals surface area contributed by atoms with Gasteiger partial charge in [0.1, 0.15) is 17.2 Å². The van der Waals surface area contributed by atoms with E-state index in [1.54, 1.807) is 0 Å². The molecule has 0 aromatic carbocycles. The summed E-state index contributed by atoms with van der Waals surface area (Å²) in [6.07, 6.45) is 1.46. The molecular weight excluding hydrogens is 232 g/mol. The lowest BCUT2D eigenvalue weighted by molar-refractivity contribution is 0.768. The van der Waals surface area contributed by atoms with Gasteiger partial charge in [-0.1, -0.05) is 18.5 Å². The third-order valence-corrected chi connectivity index (χ3v) is 3.84. The molecule has 1 aromatic heterocycles. The van der Waals surface area contributed by atoms with Gasteiger partial charge in [0, 0.05) is 24.1 Å². The number of anilines is 2. The van der Waals surface area contributed by atoms with E-state index in [0.717, 1.165) is 24.7 Å². The highest BCUT2D eigenvalue weighted by Gasteiger charge is 2.20. The zero-order chi connectivity index (χ0) is 10.8. The Kier molecular flexibility index (Phi) is 3.21. The van der Waals surface area contributed by atoms with Crippen LogP contribution in [0.2, 0.25) is 5.02 Å². The number of hydrogen-bond acceptors (Lipinski definition) is 5. The Labute approximate surface area is 98.2 Å². The molecule has 6 heteroatoms. The Morgan fingerprint density at radius 3 is 3.13 bits per heavy atom. The SMILES string of the molecule is CC1CN(c2ncnc(N)c2Cl)CCS1. The molecule has 0 aliphatic carbocycles. The minimum Gasteiger partial charge on any atom is -0.382 e. The molecule has 1 saturated heterocycles. The van der Waals surface area contributed by atoms with Crippen molar-refractivity contribution in [2.24, 2.45) is 0 Å². The second kappa shape index (κ2) is 4.45. The number of rotatable bonds is 1. The van der Waals surface area contributed by atoms with Crippen LogP contribution < -0.4 is 10.6 Å². The molecule has 1 aliphatic rings. The summed E-state index contributed by atoms with van der Waals surface area (Å²) < 4.78 is 0. The Bertz CT molecular complexity index is 360. The Balaban J connectivity index is 2.24. The van der Waals surface area contributed by atoms with Crippen molar-refractivity contribution in [3.05, 3.63) is 11.3 Å². The Morgan fingerprint density at radius 2 is 2.40 bits per heavy atom. The largest absolute Gasteiger partial charge is 0.382 e. The lowest BCUT2D eigenvalue weighted by Gasteiger charge is -2.31. The normalized spacial score (nSPS) is 21.7. The second-order valence-electron chi connectivity index (χ2n) is 3.52. The monoisotopic (exact) mass is 244 g/mol. The van der Waals surface area contributed by atoms with Crippen molar-refractivity contribution < 1.29 is 0 Å². The van der Waals surface area contributed by atoms with Crippen LogP contribution in [0.5, 0.6) is 0 Å². The van der Waals surface area contributed by atoms with E-state index in [1.165, 1.54) is 6.33 Å². The first-order valence-electron chi connectivity index (χ1n) is 4.81. The smallest absolute Gasteiger partial charge is 0.153 e. The van der Waals surface area contributed by atoms with E-state index in [9.17, 15) is 0 Å². The van der Waals surface area contributed by atoms with Gasteiger partial charge in [0.15, 0.2) is 5.82 Å². The molecule has 0 spiro atoms. The van der Waals surface area contributed by atoms with Gasteiger partial charge in [-0.2, -0.15) is 11.8 Å². The minimum absolute atomic E-state index is 0.354. The number of aromatic nitrogens is 2. The molecule has 2 N–H and O–H groups in total. The number of nitrogens with zero attached hydrogens (tertiary/aromatic N) is 3. The van der Waals surface area contributed by atoms with Crippen LogP contribution in [0.15, 0.2) is 6.33 Å². The maximum absolute atomic E-state index is 6.08. The maximum Gasteiger partial charge on any atom is 0.153 e. The number of halogens is 1. The molecule has 0 radical (unpaired) electrons. The molecule has 15 heavy (non-hydrogen) atoms. The first kappa shape index (κ1) is 10.8. The van der Waals surface area contributed by atoms with E-state index in [1.807, 2.05) is 11.8 Å². The molecule has 1 unspecified atom stereocenters. The second-order valence-corrected chi connectivity index (χ2v) is 5.45. The van der Waals surface area contributed by atoms with E-state index in [4.69, 9.17) is 17.3 Å². The van der Waals surface area contributed by atoms with Crippen molar-refractivity contribution in [3.63, 3.8) is 0 Å². The fraction of sp³-hybridized carbons (Fsp3) is 0.556. The van der Waals surface area contributed by atoms with Gasteiger partial charge in [-0.05, 0) is 0 Å². The molecule has 1 atom stereocenters. The first-order chi connectivity index (χ1) is 7.18. The fourth-order valence-corrected chi connectivity index (χ4v) is 2.84. The lowest BCUT2D eigenvalue weighted by atomic mass is 10.3. The summed E-state index contributed by atoms with van der Waals surface area (Å²) in [6.45, 7) is 4.13. The summed E-state index contributed by atoms with van der Waals surface area (Å²) in [4.78, 5) is 10.2. The third kappa shape index (κ3) is 2.29. The predicted molar refractivity (Wildman–Crippen MR) is 65.6 cm³/mol. The lowest BCUT2D eigenvalue weighted by Crippen LogP contribution is -2.37. The zero-order valence-corrected chi connectivity index (χ0v) is 10.1. The van der Waals surface area contributed by atoms with Gasteiger partial charge in [-0.3, -0.25) is 0 Å².